The maximum absolute atomic E-state index is 12.0. The molecular weight excluding hydrogens is 218 g/mol. The number of hydrogen-bond donors (Lipinski definition) is 3. The summed E-state index contributed by atoms with van der Waals surface area (Å²) in [5.41, 5.74) is 6.05. The first kappa shape index (κ1) is 14.0. The van der Waals surface area contributed by atoms with Crippen LogP contribution in [0.2, 0.25) is 0 Å². The summed E-state index contributed by atoms with van der Waals surface area (Å²) in [6.45, 7) is 3.75. The van der Waals surface area contributed by atoms with E-state index < -0.39 is 6.04 Å². The molecular formula is C12H23N3O2. The van der Waals surface area contributed by atoms with Crippen molar-refractivity contribution in [3.63, 3.8) is 0 Å². The quantitative estimate of drug-likeness (QED) is 0.650. The molecule has 0 aromatic carbocycles. The van der Waals surface area contributed by atoms with Gasteiger partial charge in [-0.25, -0.2) is 0 Å². The summed E-state index contributed by atoms with van der Waals surface area (Å²) in [6, 6.07) is -0.599. The lowest BCUT2D eigenvalue weighted by atomic mass is 9.78. The molecule has 0 aromatic rings. The molecule has 1 fully saturated rings. The van der Waals surface area contributed by atoms with E-state index in [-0.39, 0.29) is 23.8 Å². The normalized spacial score (nSPS) is 30.5. The molecule has 98 valence electrons. The smallest absolute Gasteiger partial charge is 0.242 e. The number of nitrogens with one attached hydrogen (secondary N) is 2. The first-order chi connectivity index (χ1) is 7.97. The number of likely N-dealkylation sites (N-methyl/N-ethyl adjacent to an activating group) is 1. The minimum Gasteiger partial charge on any atom is -0.357 e. The SMILES string of the molecule is CNC(=O)C(C)NC(=O)C1CCCC(C)C1N. The van der Waals surface area contributed by atoms with E-state index in [0.717, 1.165) is 19.3 Å². The molecule has 4 atom stereocenters. The standard InChI is InChI=1S/C12H23N3O2/c1-7-5-4-6-9(10(7)13)12(17)15-8(2)11(16)14-3/h7-10H,4-6,13H2,1-3H3,(H,14,16)(H,15,17). The Bertz CT molecular complexity index is 293. The molecule has 1 rings (SSSR count). The molecule has 2 amide bonds. The third kappa shape index (κ3) is 3.43. The average molecular weight is 241 g/mol. The summed E-state index contributed by atoms with van der Waals surface area (Å²) in [7, 11) is 1.55. The van der Waals surface area contributed by atoms with Gasteiger partial charge in [-0.3, -0.25) is 9.59 Å². The second-order valence-electron chi connectivity index (χ2n) is 4.94. The molecule has 17 heavy (non-hydrogen) atoms. The van der Waals surface area contributed by atoms with Crippen molar-refractivity contribution < 1.29 is 9.59 Å². The van der Waals surface area contributed by atoms with E-state index in [2.05, 4.69) is 17.6 Å². The second kappa shape index (κ2) is 6.00. The van der Waals surface area contributed by atoms with Crippen molar-refractivity contribution in [2.45, 2.75) is 45.2 Å². The minimum atomic E-state index is -0.503. The minimum absolute atomic E-state index is 0.0966. The Morgan fingerprint density at radius 1 is 1.35 bits per heavy atom. The molecule has 4 N–H and O–H groups in total. The van der Waals surface area contributed by atoms with Crippen LogP contribution in [-0.2, 0) is 9.59 Å². The third-order valence-electron chi connectivity index (χ3n) is 3.63. The lowest BCUT2D eigenvalue weighted by Gasteiger charge is -2.33. The molecule has 1 aliphatic carbocycles. The van der Waals surface area contributed by atoms with Crippen LogP contribution in [-0.4, -0.2) is 30.9 Å². The Morgan fingerprint density at radius 2 is 2.00 bits per heavy atom. The zero-order chi connectivity index (χ0) is 13.0. The first-order valence-corrected chi connectivity index (χ1v) is 6.25. The number of carbonyl (C=O) groups is 2. The Kier molecular flexibility index (Phi) is 4.93. The molecule has 0 aromatic heterocycles. The van der Waals surface area contributed by atoms with Gasteiger partial charge in [-0.05, 0) is 25.7 Å². The Balaban J connectivity index is 2.54. The number of nitrogens with two attached hydrogens (primary N) is 1. The topological polar surface area (TPSA) is 84.2 Å². The lowest BCUT2D eigenvalue weighted by Crippen LogP contribution is -2.52. The van der Waals surface area contributed by atoms with Crippen molar-refractivity contribution in [3.05, 3.63) is 0 Å². The van der Waals surface area contributed by atoms with Crippen LogP contribution < -0.4 is 16.4 Å². The van der Waals surface area contributed by atoms with Gasteiger partial charge in [0, 0.05) is 13.1 Å². The fraction of sp³-hybridized carbons (Fsp3) is 0.833. The van der Waals surface area contributed by atoms with Gasteiger partial charge in [0.25, 0.3) is 0 Å². The molecule has 1 saturated carbocycles. The molecule has 4 unspecified atom stereocenters. The number of carbonyl (C=O) groups excluding carboxylic acids is 2. The summed E-state index contributed by atoms with van der Waals surface area (Å²) in [5, 5.41) is 5.23. The molecule has 0 heterocycles. The van der Waals surface area contributed by atoms with Crippen LogP contribution >= 0.6 is 0 Å². The van der Waals surface area contributed by atoms with Gasteiger partial charge in [-0.2, -0.15) is 0 Å². The van der Waals surface area contributed by atoms with E-state index in [9.17, 15) is 9.59 Å². The van der Waals surface area contributed by atoms with Gasteiger partial charge in [0.1, 0.15) is 6.04 Å². The maximum atomic E-state index is 12.0. The van der Waals surface area contributed by atoms with Crippen LogP contribution in [0, 0.1) is 11.8 Å². The zero-order valence-electron chi connectivity index (χ0n) is 10.8. The van der Waals surface area contributed by atoms with E-state index in [1.165, 1.54) is 0 Å². The van der Waals surface area contributed by atoms with E-state index >= 15 is 0 Å². The van der Waals surface area contributed by atoms with Gasteiger partial charge in [-0.1, -0.05) is 13.3 Å². The molecule has 0 saturated heterocycles. The predicted molar refractivity (Wildman–Crippen MR) is 66.2 cm³/mol. The number of amides is 2. The van der Waals surface area contributed by atoms with E-state index in [1.807, 2.05) is 0 Å². The van der Waals surface area contributed by atoms with Gasteiger partial charge in [0.15, 0.2) is 0 Å². The van der Waals surface area contributed by atoms with E-state index in [1.54, 1.807) is 14.0 Å². The first-order valence-electron chi connectivity index (χ1n) is 6.25. The molecule has 0 spiro atoms. The monoisotopic (exact) mass is 241 g/mol. The summed E-state index contributed by atoms with van der Waals surface area (Å²) >= 11 is 0. The van der Waals surface area contributed by atoms with Crippen molar-refractivity contribution in [3.8, 4) is 0 Å². The van der Waals surface area contributed by atoms with Crippen molar-refractivity contribution in [2.75, 3.05) is 7.05 Å². The Hall–Kier alpha value is -1.10. The third-order valence-corrected chi connectivity index (χ3v) is 3.63. The number of rotatable bonds is 3. The Labute approximate surface area is 103 Å². The van der Waals surface area contributed by atoms with Crippen molar-refractivity contribution in [1.82, 2.24) is 10.6 Å². The molecule has 5 heteroatoms. The summed E-state index contributed by atoms with van der Waals surface area (Å²) < 4.78 is 0. The summed E-state index contributed by atoms with van der Waals surface area (Å²) in [5.74, 6) is -0.0726. The van der Waals surface area contributed by atoms with Gasteiger partial charge >= 0.3 is 0 Å². The van der Waals surface area contributed by atoms with E-state index in [4.69, 9.17) is 5.73 Å². The second-order valence-corrected chi connectivity index (χ2v) is 4.94. The lowest BCUT2D eigenvalue weighted by molar-refractivity contribution is -0.131. The van der Waals surface area contributed by atoms with Crippen molar-refractivity contribution >= 4 is 11.8 Å². The van der Waals surface area contributed by atoms with Crippen LogP contribution in [0.3, 0.4) is 0 Å². The van der Waals surface area contributed by atoms with Gasteiger partial charge in [0.05, 0.1) is 5.92 Å². The van der Waals surface area contributed by atoms with Crippen LogP contribution in [0.5, 0.6) is 0 Å². The summed E-state index contributed by atoms with van der Waals surface area (Å²) in [6.07, 6.45) is 2.93. The highest BCUT2D eigenvalue weighted by Gasteiger charge is 2.33. The zero-order valence-corrected chi connectivity index (χ0v) is 10.8. The van der Waals surface area contributed by atoms with Crippen LogP contribution in [0.1, 0.15) is 33.1 Å². The predicted octanol–water partition coefficient (Wildman–Crippen LogP) is 0.000600. The van der Waals surface area contributed by atoms with Crippen molar-refractivity contribution in [1.29, 1.82) is 0 Å². The van der Waals surface area contributed by atoms with Crippen LogP contribution in [0.15, 0.2) is 0 Å². The molecule has 1 aliphatic rings. The van der Waals surface area contributed by atoms with Gasteiger partial charge in [-0.15, -0.1) is 0 Å². The van der Waals surface area contributed by atoms with Crippen LogP contribution in [0.25, 0.3) is 0 Å². The highest BCUT2D eigenvalue weighted by atomic mass is 16.2. The molecule has 0 aliphatic heterocycles. The highest BCUT2D eigenvalue weighted by Crippen LogP contribution is 2.27. The van der Waals surface area contributed by atoms with Gasteiger partial charge < -0.3 is 16.4 Å². The van der Waals surface area contributed by atoms with Crippen LogP contribution in [0.4, 0.5) is 0 Å². The van der Waals surface area contributed by atoms with Gasteiger partial charge in [0.2, 0.25) is 11.8 Å². The largest absolute Gasteiger partial charge is 0.357 e. The summed E-state index contributed by atoms with van der Waals surface area (Å²) in [4.78, 5) is 23.3. The molecule has 0 bridgehead atoms. The highest BCUT2D eigenvalue weighted by molar-refractivity contribution is 5.88. The van der Waals surface area contributed by atoms with Crippen molar-refractivity contribution in [2.24, 2.45) is 17.6 Å². The fourth-order valence-electron chi connectivity index (χ4n) is 2.35. The van der Waals surface area contributed by atoms with E-state index in [0.29, 0.717) is 5.92 Å². The molecule has 0 radical (unpaired) electrons. The Morgan fingerprint density at radius 3 is 2.59 bits per heavy atom. The fourth-order valence-corrected chi connectivity index (χ4v) is 2.35. The maximum Gasteiger partial charge on any atom is 0.242 e. The molecule has 5 nitrogen and oxygen atoms in total. The average Bonchev–Trinajstić information content (AvgIpc) is 2.31. The number of hydrogen-bond acceptors (Lipinski definition) is 3.